The second-order valence-corrected chi connectivity index (χ2v) is 5.66. The van der Waals surface area contributed by atoms with Crippen LogP contribution in [-0.4, -0.2) is 30.2 Å². The first-order chi connectivity index (χ1) is 8.70. The second kappa shape index (κ2) is 4.90. The van der Waals surface area contributed by atoms with Gasteiger partial charge < -0.3 is 10.5 Å². The Morgan fingerprint density at radius 3 is 3.00 bits per heavy atom. The van der Waals surface area contributed by atoms with E-state index in [9.17, 15) is 0 Å². The molecule has 18 heavy (non-hydrogen) atoms. The summed E-state index contributed by atoms with van der Waals surface area (Å²) in [7, 11) is 0. The lowest BCUT2D eigenvalue weighted by Gasteiger charge is -2.30. The third kappa shape index (κ3) is 2.52. The van der Waals surface area contributed by atoms with Crippen LogP contribution in [0.25, 0.3) is 0 Å². The number of anilines is 1. The predicted octanol–water partition coefficient (Wildman–Crippen LogP) is 2.19. The minimum absolute atomic E-state index is 0.433. The summed E-state index contributed by atoms with van der Waals surface area (Å²) in [6.07, 6.45) is 4.44. The maximum atomic E-state index is 5.91. The molecule has 0 amide bonds. The van der Waals surface area contributed by atoms with Gasteiger partial charge in [-0.3, -0.25) is 4.90 Å². The molecule has 2 atom stereocenters. The van der Waals surface area contributed by atoms with E-state index in [1.807, 2.05) is 6.07 Å². The maximum absolute atomic E-state index is 5.91. The highest BCUT2D eigenvalue weighted by Gasteiger charge is 2.25. The number of nitrogens with two attached hydrogens (primary N) is 1. The van der Waals surface area contributed by atoms with Gasteiger partial charge in [0.15, 0.2) is 0 Å². The molecule has 1 fully saturated rings. The van der Waals surface area contributed by atoms with Crippen LogP contribution in [0.3, 0.4) is 0 Å². The normalized spacial score (nSPS) is 28.3. The third-order valence-electron chi connectivity index (χ3n) is 4.10. The van der Waals surface area contributed by atoms with Gasteiger partial charge >= 0.3 is 0 Å². The van der Waals surface area contributed by atoms with Gasteiger partial charge in [0.2, 0.25) is 0 Å². The monoisotopic (exact) mass is 246 g/mol. The Balaban J connectivity index is 1.63. The standard InChI is InChI=1S/C15H22N2O/c1-11-2-5-15(18-11)10-17-7-6-12-3-4-14(16)8-13(12)9-17/h3-4,8,11,15H,2,5-7,9-10,16H2,1H3. The van der Waals surface area contributed by atoms with Crippen LogP contribution in [0.4, 0.5) is 5.69 Å². The van der Waals surface area contributed by atoms with Gasteiger partial charge in [-0.25, -0.2) is 0 Å². The summed E-state index contributed by atoms with van der Waals surface area (Å²) in [5.41, 5.74) is 9.60. The lowest BCUT2D eigenvalue weighted by molar-refractivity contribution is 0.0286. The summed E-state index contributed by atoms with van der Waals surface area (Å²) in [5.74, 6) is 0. The highest BCUT2D eigenvalue weighted by molar-refractivity contribution is 5.45. The highest BCUT2D eigenvalue weighted by Crippen LogP contribution is 2.24. The number of nitrogens with zero attached hydrogens (tertiary/aromatic N) is 1. The van der Waals surface area contributed by atoms with Gasteiger partial charge in [-0.1, -0.05) is 6.07 Å². The van der Waals surface area contributed by atoms with Gasteiger partial charge in [-0.05, 0) is 49.4 Å². The molecule has 0 radical (unpaired) electrons. The summed E-state index contributed by atoms with van der Waals surface area (Å²) in [4.78, 5) is 2.50. The molecule has 0 spiro atoms. The quantitative estimate of drug-likeness (QED) is 0.813. The molecule has 0 bridgehead atoms. The summed E-state index contributed by atoms with van der Waals surface area (Å²) in [6.45, 7) is 5.41. The van der Waals surface area contributed by atoms with Gasteiger partial charge in [-0.2, -0.15) is 0 Å². The number of hydrogen-bond donors (Lipinski definition) is 1. The molecule has 2 unspecified atom stereocenters. The number of fused-ring (bicyclic) bond motifs is 1. The summed E-state index contributed by atoms with van der Waals surface area (Å²) >= 11 is 0. The number of rotatable bonds is 2. The molecular formula is C15H22N2O. The average Bonchev–Trinajstić information content (AvgIpc) is 2.74. The van der Waals surface area contributed by atoms with Crippen molar-refractivity contribution < 1.29 is 4.74 Å². The van der Waals surface area contributed by atoms with E-state index in [1.165, 1.54) is 24.0 Å². The van der Waals surface area contributed by atoms with E-state index in [4.69, 9.17) is 10.5 Å². The van der Waals surface area contributed by atoms with Gasteiger partial charge in [0.25, 0.3) is 0 Å². The van der Waals surface area contributed by atoms with Crippen molar-refractivity contribution in [3.63, 3.8) is 0 Å². The smallest absolute Gasteiger partial charge is 0.0706 e. The minimum Gasteiger partial charge on any atom is -0.399 e. The maximum Gasteiger partial charge on any atom is 0.0706 e. The van der Waals surface area contributed by atoms with E-state index in [0.29, 0.717) is 12.2 Å². The molecule has 3 nitrogen and oxygen atoms in total. The van der Waals surface area contributed by atoms with Crippen molar-refractivity contribution in [3.8, 4) is 0 Å². The van der Waals surface area contributed by atoms with Crippen LogP contribution < -0.4 is 5.73 Å². The molecule has 98 valence electrons. The van der Waals surface area contributed by atoms with E-state index < -0.39 is 0 Å². The van der Waals surface area contributed by atoms with Crippen molar-refractivity contribution in [2.75, 3.05) is 18.8 Å². The predicted molar refractivity (Wildman–Crippen MR) is 73.4 cm³/mol. The summed E-state index contributed by atoms with van der Waals surface area (Å²) in [5, 5.41) is 0. The second-order valence-electron chi connectivity index (χ2n) is 5.66. The van der Waals surface area contributed by atoms with Gasteiger partial charge in [0.1, 0.15) is 0 Å². The molecule has 0 aromatic heterocycles. The van der Waals surface area contributed by atoms with Crippen molar-refractivity contribution in [1.82, 2.24) is 4.90 Å². The zero-order chi connectivity index (χ0) is 12.5. The Bertz CT molecular complexity index is 433. The Labute approximate surface area is 109 Å². The van der Waals surface area contributed by atoms with Crippen molar-refractivity contribution in [2.45, 2.75) is 44.9 Å². The van der Waals surface area contributed by atoms with Crippen molar-refractivity contribution in [2.24, 2.45) is 0 Å². The van der Waals surface area contributed by atoms with Gasteiger partial charge in [-0.15, -0.1) is 0 Å². The number of nitrogen functional groups attached to an aromatic ring is 1. The van der Waals surface area contributed by atoms with Crippen LogP contribution in [0.5, 0.6) is 0 Å². The topological polar surface area (TPSA) is 38.5 Å². The molecule has 0 saturated carbocycles. The van der Waals surface area contributed by atoms with Crippen molar-refractivity contribution >= 4 is 5.69 Å². The third-order valence-corrected chi connectivity index (χ3v) is 4.10. The Kier molecular flexibility index (Phi) is 3.27. The lowest BCUT2D eigenvalue weighted by Crippen LogP contribution is -2.36. The number of benzene rings is 1. The molecule has 1 aromatic carbocycles. The zero-order valence-electron chi connectivity index (χ0n) is 11.1. The van der Waals surface area contributed by atoms with Crippen LogP contribution in [0.1, 0.15) is 30.9 Å². The van der Waals surface area contributed by atoms with Crippen LogP contribution in [0, 0.1) is 0 Å². The highest BCUT2D eigenvalue weighted by atomic mass is 16.5. The Morgan fingerprint density at radius 2 is 2.22 bits per heavy atom. The molecule has 2 N–H and O–H groups in total. The largest absolute Gasteiger partial charge is 0.399 e. The Morgan fingerprint density at radius 1 is 1.33 bits per heavy atom. The first-order valence-corrected chi connectivity index (χ1v) is 6.96. The first-order valence-electron chi connectivity index (χ1n) is 6.96. The van der Waals surface area contributed by atoms with Crippen molar-refractivity contribution in [1.29, 1.82) is 0 Å². The molecule has 2 aliphatic rings. The SMILES string of the molecule is CC1CCC(CN2CCc3ccc(N)cc3C2)O1. The molecule has 3 heteroatoms. The van der Waals surface area contributed by atoms with E-state index in [0.717, 1.165) is 31.7 Å². The van der Waals surface area contributed by atoms with E-state index >= 15 is 0 Å². The fourth-order valence-corrected chi connectivity index (χ4v) is 3.10. The molecule has 1 saturated heterocycles. The molecule has 0 aliphatic carbocycles. The van der Waals surface area contributed by atoms with Crippen molar-refractivity contribution in [3.05, 3.63) is 29.3 Å². The summed E-state index contributed by atoms with van der Waals surface area (Å²) < 4.78 is 5.91. The van der Waals surface area contributed by atoms with Crippen LogP contribution in [0.2, 0.25) is 0 Å². The van der Waals surface area contributed by atoms with Gasteiger partial charge in [0.05, 0.1) is 12.2 Å². The zero-order valence-corrected chi connectivity index (χ0v) is 11.1. The average molecular weight is 246 g/mol. The van der Waals surface area contributed by atoms with Crippen LogP contribution in [0.15, 0.2) is 18.2 Å². The molecular weight excluding hydrogens is 224 g/mol. The van der Waals surface area contributed by atoms with Crippen LogP contribution in [-0.2, 0) is 17.7 Å². The molecule has 2 heterocycles. The minimum atomic E-state index is 0.433. The number of hydrogen-bond acceptors (Lipinski definition) is 3. The van der Waals surface area contributed by atoms with E-state index in [-0.39, 0.29) is 0 Å². The molecule has 2 aliphatic heterocycles. The van der Waals surface area contributed by atoms with E-state index in [1.54, 1.807) is 0 Å². The van der Waals surface area contributed by atoms with Gasteiger partial charge in [0, 0.05) is 25.3 Å². The fraction of sp³-hybridized carbons (Fsp3) is 0.600. The molecule has 3 rings (SSSR count). The number of ether oxygens (including phenoxy) is 1. The lowest BCUT2D eigenvalue weighted by atomic mass is 9.99. The Hall–Kier alpha value is -1.06. The molecule has 1 aromatic rings. The van der Waals surface area contributed by atoms with E-state index in [2.05, 4.69) is 24.0 Å². The fourth-order valence-electron chi connectivity index (χ4n) is 3.10. The van der Waals surface area contributed by atoms with Crippen LogP contribution >= 0.6 is 0 Å². The first kappa shape index (κ1) is 12.0. The summed E-state index contributed by atoms with van der Waals surface area (Å²) in [6, 6.07) is 6.31.